The Morgan fingerprint density at radius 2 is 1.77 bits per heavy atom. The van der Waals surface area contributed by atoms with E-state index in [1.165, 1.54) is 10.4 Å². The molecule has 1 heterocycles. The van der Waals surface area contributed by atoms with Gasteiger partial charge < -0.3 is 4.90 Å². The summed E-state index contributed by atoms with van der Waals surface area (Å²) in [5, 5.41) is 11.2. The first kappa shape index (κ1) is 20.4. The zero-order valence-electron chi connectivity index (χ0n) is 16.0. The molecule has 1 aliphatic rings. The van der Waals surface area contributed by atoms with E-state index in [1.807, 2.05) is 6.07 Å². The highest BCUT2D eigenvalue weighted by Gasteiger charge is 2.32. The molecule has 0 bridgehead atoms. The third-order valence-electron chi connectivity index (χ3n) is 5.12. The van der Waals surface area contributed by atoms with Crippen LogP contribution in [0.3, 0.4) is 0 Å². The molecule has 1 aliphatic heterocycles. The van der Waals surface area contributed by atoms with Crippen molar-refractivity contribution in [2.45, 2.75) is 11.4 Å². The van der Waals surface area contributed by atoms with E-state index >= 15 is 0 Å². The number of carbonyl (C=O) groups excluding carboxylic acids is 1. The Hall–Kier alpha value is -2.92. The van der Waals surface area contributed by atoms with E-state index in [0.29, 0.717) is 17.1 Å². The molecule has 0 atom stereocenters. The normalized spacial score (nSPS) is 15.3. The number of fused-ring (bicyclic) bond motifs is 1. The molecule has 1 fully saturated rings. The minimum Gasteiger partial charge on any atom is -0.336 e. The van der Waals surface area contributed by atoms with Crippen LogP contribution in [0.25, 0.3) is 10.8 Å². The topological polar surface area (TPSA) is 81.5 Å². The Bertz CT molecular complexity index is 1280. The molecule has 0 aromatic heterocycles. The first-order valence-electron chi connectivity index (χ1n) is 9.33. The number of nitrogens with zero attached hydrogens (tertiary/aromatic N) is 3. The van der Waals surface area contributed by atoms with Gasteiger partial charge in [-0.05, 0) is 52.7 Å². The van der Waals surface area contributed by atoms with Crippen LogP contribution in [0.2, 0.25) is 5.02 Å². The maximum Gasteiger partial charge on any atom is 0.243 e. The van der Waals surface area contributed by atoms with Crippen molar-refractivity contribution < 1.29 is 13.2 Å². The number of nitriles is 1. The fraction of sp³-hybridized carbons (Fsp3) is 0.182. The Kier molecular flexibility index (Phi) is 5.48. The fourth-order valence-electron chi connectivity index (χ4n) is 3.52. The fourth-order valence-corrected chi connectivity index (χ4v) is 5.12. The van der Waals surface area contributed by atoms with E-state index < -0.39 is 10.0 Å². The highest BCUT2D eigenvalue weighted by molar-refractivity contribution is 7.89. The summed E-state index contributed by atoms with van der Waals surface area (Å²) in [6, 6.07) is 19.2. The number of piperazine rings is 1. The van der Waals surface area contributed by atoms with Gasteiger partial charge in [-0.3, -0.25) is 4.79 Å². The first-order chi connectivity index (χ1) is 14.4. The van der Waals surface area contributed by atoms with E-state index in [-0.39, 0.29) is 30.4 Å². The molecule has 3 aromatic rings. The van der Waals surface area contributed by atoms with Crippen molar-refractivity contribution in [3.63, 3.8) is 0 Å². The molecule has 0 spiro atoms. The van der Waals surface area contributed by atoms with Crippen molar-refractivity contribution in [1.29, 1.82) is 5.26 Å². The highest BCUT2D eigenvalue weighted by atomic mass is 35.5. The lowest BCUT2D eigenvalue weighted by Crippen LogP contribution is -2.51. The van der Waals surface area contributed by atoms with Crippen molar-refractivity contribution in [1.82, 2.24) is 9.21 Å². The van der Waals surface area contributed by atoms with Crippen molar-refractivity contribution >= 4 is 38.3 Å². The van der Waals surface area contributed by atoms with E-state index in [2.05, 4.69) is 6.07 Å². The number of hydrogen-bond acceptors (Lipinski definition) is 4. The lowest BCUT2D eigenvalue weighted by atomic mass is 10.1. The van der Waals surface area contributed by atoms with Crippen LogP contribution in [-0.2, 0) is 21.4 Å². The van der Waals surface area contributed by atoms with Gasteiger partial charge >= 0.3 is 0 Å². The zero-order valence-corrected chi connectivity index (χ0v) is 17.5. The van der Waals surface area contributed by atoms with Crippen molar-refractivity contribution in [2.24, 2.45) is 0 Å². The molecule has 0 radical (unpaired) electrons. The summed E-state index contributed by atoms with van der Waals surface area (Å²) in [6.07, 6.45) is 0. The lowest BCUT2D eigenvalue weighted by molar-refractivity contribution is -0.134. The van der Waals surface area contributed by atoms with Gasteiger partial charge in [-0.1, -0.05) is 35.9 Å². The quantitative estimate of drug-likeness (QED) is 0.623. The van der Waals surface area contributed by atoms with Crippen LogP contribution in [-0.4, -0.2) is 43.2 Å². The highest BCUT2D eigenvalue weighted by Crippen LogP contribution is 2.25. The third-order valence-corrected chi connectivity index (χ3v) is 7.20. The minimum absolute atomic E-state index is 0.153. The minimum atomic E-state index is -3.79. The van der Waals surface area contributed by atoms with Gasteiger partial charge in [0.05, 0.1) is 23.1 Å². The molecular weight excluding hydrogens is 422 g/mol. The molecule has 1 saturated heterocycles. The van der Waals surface area contributed by atoms with Gasteiger partial charge in [0.1, 0.15) is 0 Å². The predicted octanol–water partition coefficient (Wildman–Crippen LogP) is 3.40. The molecular formula is C22H18ClN3O3S. The van der Waals surface area contributed by atoms with Crippen LogP contribution in [0.4, 0.5) is 0 Å². The van der Waals surface area contributed by atoms with E-state index in [4.69, 9.17) is 16.9 Å². The molecule has 8 heteroatoms. The molecule has 0 saturated carbocycles. The summed E-state index contributed by atoms with van der Waals surface area (Å²) in [4.78, 5) is 14.4. The largest absolute Gasteiger partial charge is 0.336 e. The Morgan fingerprint density at radius 1 is 1.00 bits per heavy atom. The summed E-state index contributed by atoms with van der Waals surface area (Å²) >= 11 is 5.99. The summed E-state index contributed by atoms with van der Waals surface area (Å²) in [7, 11) is -3.79. The Balaban J connectivity index is 1.51. The molecule has 6 nitrogen and oxygen atoms in total. The van der Waals surface area contributed by atoms with Crippen molar-refractivity contribution in [3.8, 4) is 6.07 Å². The molecule has 30 heavy (non-hydrogen) atoms. The molecule has 152 valence electrons. The number of amides is 1. The summed E-state index contributed by atoms with van der Waals surface area (Å²) in [5.41, 5.74) is 1.37. The second kappa shape index (κ2) is 8.07. The smallest absolute Gasteiger partial charge is 0.243 e. The number of hydrogen-bond donors (Lipinski definition) is 0. The van der Waals surface area contributed by atoms with E-state index in [0.717, 1.165) is 16.3 Å². The molecule has 0 N–H and O–H groups in total. The van der Waals surface area contributed by atoms with Gasteiger partial charge in [0.2, 0.25) is 15.9 Å². The predicted molar refractivity (Wildman–Crippen MR) is 114 cm³/mol. The van der Waals surface area contributed by atoms with Gasteiger partial charge in [0.25, 0.3) is 0 Å². The maximum absolute atomic E-state index is 13.1. The monoisotopic (exact) mass is 439 g/mol. The SMILES string of the molecule is N#Cc1cccc(CN2CCN(S(=O)(=O)c3ccc4cc(Cl)ccc4c3)CC2=O)c1. The van der Waals surface area contributed by atoms with Crippen LogP contribution in [0.15, 0.2) is 65.6 Å². The zero-order chi connectivity index (χ0) is 21.3. The number of carbonyl (C=O) groups is 1. The number of halogens is 1. The Morgan fingerprint density at radius 3 is 2.53 bits per heavy atom. The molecule has 4 rings (SSSR count). The number of sulfonamides is 1. The molecule has 0 unspecified atom stereocenters. The lowest BCUT2D eigenvalue weighted by Gasteiger charge is -2.33. The standard InChI is InChI=1S/C22H18ClN3O3S/c23-20-6-4-19-12-21(7-5-18(19)11-20)30(28,29)26-9-8-25(22(27)15-26)14-17-3-1-2-16(10-17)13-24/h1-7,10-12H,8-9,14-15H2. The third kappa shape index (κ3) is 4.03. The Labute approximate surface area is 179 Å². The number of benzene rings is 3. The van der Waals surface area contributed by atoms with Crippen LogP contribution in [0, 0.1) is 11.3 Å². The molecule has 0 aliphatic carbocycles. The van der Waals surface area contributed by atoms with Gasteiger partial charge in [0.15, 0.2) is 0 Å². The first-order valence-corrected chi connectivity index (χ1v) is 11.1. The summed E-state index contributed by atoms with van der Waals surface area (Å²) < 4.78 is 27.4. The van der Waals surface area contributed by atoms with Crippen LogP contribution in [0.5, 0.6) is 0 Å². The number of rotatable bonds is 4. The van der Waals surface area contributed by atoms with Crippen molar-refractivity contribution in [3.05, 3.63) is 76.8 Å². The average molecular weight is 440 g/mol. The second-order valence-electron chi connectivity index (χ2n) is 7.12. The second-order valence-corrected chi connectivity index (χ2v) is 9.49. The van der Waals surface area contributed by atoms with Gasteiger partial charge in [-0.15, -0.1) is 0 Å². The van der Waals surface area contributed by atoms with Crippen LogP contribution < -0.4 is 0 Å². The van der Waals surface area contributed by atoms with Crippen LogP contribution in [0.1, 0.15) is 11.1 Å². The van der Waals surface area contributed by atoms with Gasteiger partial charge in [0, 0.05) is 24.7 Å². The maximum atomic E-state index is 13.1. The summed E-state index contributed by atoms with van der Waals surface area (Å²) in [6.45, 7) is 0.639. The summed E-state index contributed by atoms with van der Waals surface area (Å²) in [5.74, 6) is -0.264. The molecule has 1 amide bonds. The van der Waals surface area contributed by atoms with Gasteiger partial charge in [-0.2, -0.15) is 9.57 Å². The van der Waals surface area contributed by atoms with E-state index in [9.17, 15) is 13.2 Å². The molecule has 3 aromatic carbocycles. The van der Waals surface area contributed by atoms with E-state index in [1.54, 1.807) is 53.4 Å². The van der Waals surface area contributed by atoms with Crippen molar-refractivity contribution in [2.75, 3.05) is 19.6 Å². The van der Waals surface area contributed by atoms with Crippen LogP contribution >= 0.6 is 11.6 Å². The average Bonchev–Trinajstić information content (AvgIpc) is 2.74. The van der Waals surface area contributed by atoms with Gasteiger partial charge in [-0.25, -0.2) is 8.42 Å².